The molecule has 3 aromatic carbocycles. The Morgan fingerprint density at radius 1 is 0.906 bits per heavy atom. The van der Waals surface area contributed by atoms with Gasteiger partial charge in [0.25, 0.3) is 0 Å². The molecule has 1 heterocycles. The first-order valence-electron chi connectivity index (χ1n) is 10.5. The van der Waals surface area contributed by atoms with Crippen LogP contribution in [-0.4, -0.2) is 12.9 Å². The van der Waals surface area contributed by atoms with Crippen LogP contribution < -0.4 is 15.4 Å². The third-order valence-electron chi connectivity index (χ3n) is 6.16. The van der Waals surface area contributed by atoms with Crippen molar-refractivity contribution in [3.63, 3.8) is 0 Å². The van der Waals surface area contributed by atoms with Crippen molar-refractivity contribution in [2.45, 2.75) is 24.8 Å². The number of methoxy groups -OCH3 is 1. The number of carbonyl (C=O) groups excluding carboxylic acids is 1. The van der Waals surface area contributed by atoms with Crippen LogP contribution in [-0.2, 0) is 4.79 Å². The van der Waals surface area contributed by atoms with E-state index >= 15 is 0 Å². The Balaban J connectivity index is 1.60. The van der Waals surface area contributed by atoms with E-state index in [0.29, 0.717) is 22.2 Å². The minimum Gasteiger partial charge on any atom is -0.495 e. The molecule has 162 valence electrons. The zero-order chi connectivity index (χ0) is 22.2. The number of ketones is 1. The van der Waals surface area contributed by atoms with Crippen LogP contribution >= 0.6 is 23.2 Å². The molecular weight excluding hydrogens is 443 g/mol. The van der Waals surface area contributed by atoms with Crippen molar-refractivity contribution in [2.75, 3.05) is 17.7 Å². The summed E-state index contributed by atoms with van der Waals surface area (Å²) in [4.78, 5) is 13.6. The minimum atomic E-state index is -0.316. The smallest absolute Gasteiger partial charge is 0.163 e. The number of anilines is 2. The molecule has 5 rings (SSSR count). The summed E-state index contributed by atoms with van der Waals surface area (Å²) in [5.41, 5.74) is 5.62. The Hall–Kier alpha value is -2.95. The van der Waals surface area contributed by atoms with E-state index < -0.39 is 0 Å². The second-order valence-electron chi connectivity index (χ2n) is 8.11. The molecule has 0 radical (unpaired) electrons. The van der Waals surface area contributed by atoms with Gasteiger partial charge in [0.2, 0.25) is 0 Å². The molecule has 4 nitrogen and oxygen atoms in total. The number of hydrogen-bond acceptors (Lipinski definition) is 4. The quantitative estimate of drug-likeness (QED) is 0.438. The van der Waals surface area contributed by atoms with Gasteiger partial charge in [-0.05, 0) is 59.9 Å². The van der Waals surface area contributed by atoms with E-state index in [0.717, 1.165) is 40.2 Å². The number of carbonyl (C=O) groups is 1. The van der Waals surface area contributed by atoms with Gasteiger partial charge in [0, 0.05) is 22.7 Å². The number of fused-ring (bicyclic) bond motifs is 1. The maximum atomic E-state index is 13.6. The molecule has 1 aliphatic heterocycles. The lowest BCUT2D eigenvalue weighted by Gasteiger charge is -2.30. The van der Waals surface area contributed by atoms with E-state index in [1.807, 2.05) is 66.7 Å². The maximum absolute atomic E-state index is 13.6. The second-order valence-corrected chi connectivity index (χ2v) is 8.96. The van der Waals surface area contributed by atoms with Crippen molar-refractivity contribution in [1.29, 1.82) is 0 Å². The van der Waals surface area contributed by atoms with E-state index in [9.17, 15) is 4.79 Å². The van der Waals surface area contributed by atoms with Crippen molar-refractivity contribution in [1.82, 2.24) is 0 Å². The fraction of sp³-hybridized carbons (Fsp3) is 0.192. The zero-order valence-electron chi connectivity index (χ0n) is 17.5. The topological polar surface area (TPSA) is 50.4 Å². The Labute approximate surface area is 197 Å². The number of ether oxygens (including phenoxy) is 1. The molecule has 32 heavy (non-hydrogen) atoms. The summed E-state index contributed by atoms with van der Waals surface area (Å²) >= 11 is 12.5. The molecule has 0 amide bonds. The monoisotopic (exact) mass is 464 g/mol. The van der Waals surface area contributed by atoms with E-state index in [-0.39, 0.29) is 17.7 Å². The van der Waals surface area contributed by atoms with Gasteiger partial charge in [-0.2, -0.15) is 0 Å². The third-order valence-corrected chi connectivity index (χ3v) is 6.71. The minimum absolute atomic E-state index is 0.0939. The summed E-state index contributed by atoms with van der Waals surface area (Å²) in [6.07, 6.45) is 1.18. The maximum Gasteiger partial charge on any atom is 0.163 e. The molecule has 2 atom stereocenters. The molecule has 0 bridgehead atoms. The lowest BCUT2D eigenvalue weighted by molar-refractivity contribution is -0.116. The van der Waals surface area contributed by atoms with Crippen LogP contribution in [0.25, 0.3) is 0 Å². The molecule has 2 unspecified atom stereocenters. The van der Waals surface area contributed by atoms with Gasteiger partial charge in [0.05, 0.1) is 29.5 Å². The highest BCUT2D eigenvalue weighted by atomic mass is 35.5. The number of para-hydroxylation sites is 2. The highest BCUT2D eigenvalue weighted by Crippen LogP contribution is 2.45. The lowest BCUT2D eigenvalue weighted by Crippen LogP contribution is -2.26. The molecule has 0 aromatic heterocycles. The molecule has 2 N–H and O–H groups in total. The fourth-order valence-corrected chi connectivity index (χ4v) is 4.97. The third kappa shape index (κ3) is 3.85. The number of nitrogens with one attached hydrogen (secondary N) is 2. The van der Waals surface area contributed by atoms with Crippen molar-refractivity contribution in [2.24, 2.45) is 0 Å². The molecule has 0 saturated heterocycles. The highest BCUT2D eigenvalue weighted by Gasteiger charge is 2.36. The van der Waals surface area contributed by atoms with Crippen LogP contribution in [0.2, 0.25) is 10.0 Å². The van der Waals surface area contributed by atoms with Gasteiger partial charge < -0.3 is 15.4 Å². The predicted octanol–water partition coefficient (Wildman–Crippen LogP) is 6.98. The van der Waals surface area contributed by atoms with Crippen molar-refractivity contribution >= 4 is 40.4 Å². The van der Waals surface area contributed by atoms with Gasteiger partial charge in [-0.1, -0.05) is 53.5 Å². The fourth-order valence-electron chi connectivity index (χ4n) is 4.58. The zero-order valence-corrected chi connectivity index (χ0v) is 19.0. The standard InChI is InChI=1S/C26H22Cl2N2O2/c1-32-24-11-8-16(12-19(24)28)26-25-22(29-20-4-2-3-5-21(20)30-26)13-17(14-23(25)31)15-6-9-18(27)10-7-15/h2-12,17,26,29-30H,13-14H2,1H3. The largest absolute Gasteiger partial charge is 0.495 e. The normalized spacial score (nSPS) is 19.9. The average molecular weight is 465 g/mol. The molecule has 0 saturated carbocycles. The van der Waals surface area contributed by atoms with Gasteiger partial charge >= 0.3 is 0 Å². The van der Waals surface area contributed by atoms with Crippen molar-refractivity contribution in [3.05, 3.63) is 99.2 Å². The highest BCUT2D eigenvalue weighted by molar-refractivity contribution is 6.32. The SMILES string of the molecule is COc1ccc(C2Nc3ccccc3NC3=C2C(=O)CC(c2ccc(Cl)cc2)C3)cc1Cl. The van der Waals surface area contributed by atoms with Crippen LogP contribution in [0.4, 0.5) is 11.4 Å². The Kier molecular flexibility index (Phi) is 5.58. The first kappa shape index (κ1) is 20.9. The number of allylic oxidation sites excluding steroid dienone is 1. The van der Waals surface area contributed by atoms with Gasteiger partial charge in [-0.15, -0.1) is 0 Å². The van der Waals surface area contributed by atoms with E-state index in [1.165, 1.54) is 0 Å². The van der Waals surface area contributed by atoms with Gasteiger partial charge in [0.15, 0.2) is 5.78 Å². The molecular formula is C26H22Cl2N2O2. The van der Waals surface area contributed by atoms with Crippen LogP contribution in [0, 0.1) is 0 Å². The summed E-state index contributed by atoms with van der Waals surface area (Å²) in [7, 11) is 1.59. The predicted molar refractivity (Wildman–Crippen MR) is 130 cm³/mol. The van der Waals surface area contributed by atoms with Crippen molar-refractivity contribution in [3.8, 4) is 5.75 Å². The van der Waals surface area contributed by atoms with Crippen molar-refractivity contribution < 1.29 is 9.53 Å². The first-order chi connectivity index (χ1) is 15.5. The molecule has 0 fully saturated rings. The van der Waals surface area contributed by atoms with Crippen LogP contribution in [0.15, 0.2) is 78.0 Å². The molecule has 1 aliphatic carbocycles. The molecule has 0 spiro atoms. The average Bonchev–Trinajstić information content (AvgIpc) is 2.96. The number of Topliss-reactive ketones (excluding diaryl/α,β-unsaturated/α-hetero) is 1. The molecule has 2 aliphatic rings. The number of hydrogen-bond donors (Lipinski definition) is 2. The summed E-state index contributed by atoms with van der Waals surface area (Å²) in [5.74, 6) is 0.821. The van der Waals surface area contributed by atoms with Gasteiger partial charge in [-0.25, -0.2) is 0 Å². The van der Waals surface area contributed by atoms with Crippen LogP contribution in [0.5, 0.6) is 5.75 Å². The van der Waals surface area contributed by atoms with E-state index in [2.05, 4.69) is 10.6 Å². The van der Waals surface area contributed by atoms with Crippen LogP contribution in [0.3, 0.4) is 0 Å². The van der Waals surface area contributed by atoms with Gasteiger partial charge in [-0.3, -0.25) is 4.79 Å². The Morgan fingerprint density at radius 2 is 1.62 bits per heavy atom. The summed E-state index contributed by atoms with van der Waals surface area (Å²) in [5, 5.41) is 8.33. The van der Waals surface area contributed by atoms with Gasteiger partial charge in [0.1, 0.15) is 5.75 Å². The molecule has 6 heteroatoms. The number of halogens is 2. The lowest BCUT2D eigenvalue weighted by atomic mass is 9.78. The Morgan fingerprint density at radius 3 is 2.34 bits per heavy atom. The van der Waals surface area contributed by atoms with E-state index in [4.69, 9.17) is 27.9 Å². The summed E-state index contributed by atoms with van der Waals surface area (Å²) in [6.45, 7) is 0. The summed E-state index contributed by atoms with van der Waals surface area (Å²) in [6, 6.07) is 21.1. The Bertz CT molecular complexity index is 1220. The number of rotatable bonds is 3. The van der Waals surface area contributed by atoms with Crippen LogP contribution in [0.1, 0.15) is 35.9 Å². The summed E-state index contributed by atoms with van der Waals surface area (Å²) < 4.78 is 5.31. The molecule has 3 aromatic rings. The second kappa shape index (κ2) is 8.53. The number of benzene rings is 3. The van der Waals surface area contributed by atoms with E-state index in [1.54, 1.807) is 7.11 Å². The first-order valence-corrected chi connectivity index (χ1v) is 11.3.